The van der Waals surface area contributed by atoms with Gasteiger partial charge < -0.3 is 9.15 Å². The second-order valence-electron chi connectivity index (χ2n) is 7.37. The van der Waals surface area contributed by atoms with Crippen LogP contribution in [0.3, 0.4) is 0 Å². The van der Waals surface area contributed by atoms with Gasteiger partial charge in [0.15, 0.2) is 4.34 Å². The molecule has 0 aliphatic rings. The monoisotopic (exact) mass is 578 g/mol. The highest BCUT2D eigenvalue weighted by atomic mass is 32.2. The van der Waals surface area contributed by atoms with Crippen LogP contribution in [0.5, 0.6) is 5.75 Å². The van der Waals surface area contributed by atoms with Crippen molar-refractivity contribution in [1.29, 1.82) is 0 Å². The highest BCUT2D eigenvalue weighted by molar-refractivity contribution is 8.00. The number of thioether (sulfide) groups is 1. The lowest BCUT2D eigenvalue weighted by Gasteiger charge is -2.11. The molecule has 1 aromatic carbocycles. The number of hydrogen-bond acceptors (Lipinski definition) is 12. The smallest absolute Gasteiger partial charge is 0.343 e. The van der Waals surface area contributed by atoms with Gasteiger partial charge in [0, 0.05) is 20.2 Å². The summed E-state index contributed by atoms with van der Waals surface area (Å²) in [6.07, 6.45) is 1.04. The second kappa shape index (κ2) is 11.4. The van der Waals surface area contributed by atoms with Gasteiger partial charge in [-0.1, -0.05) is 29.2 Å². The molecule has 0 fully saturated rings. The van der Waals surface area contributed by atoms with Crippen LogP contribution in [0, 0.1) is 0 Å². The maximum atomic E-state index is 12.4. The molecular formula is C22H18N4O7S4. The number of carbonyl (C=O) groups excluding carboxylic acids is 2. The molecule has 0 unspecified atom stereocenters. The Labute approximate surface area is 223 Å². The number of carbonyl (C=O) groups is 2. The number of benzene rings is 1. The second-order valence-corrected chi connectivity index (χ2v) is 12.7. The molecule has 3 heterocycles. The van der Waals surface area contributed by atoms with E-state index in [2.05, 4.69) is 15.5 Å². The first-order valence-corrected chi connectivity index (χ1v) is 14.4. The van der Waals surface area contributed by atoms with Crippen molar-refractivity contribution in [3.8, 4) is 5.75 Å². The molecule has 11 nitrogen and oxygen atoms in total. The van der Waals surface area contributed by atoms with Crippen molar-refractivity contribution >= 4 is 61.5 Å². The fourth-order valence-electron chi connectivity index (χ4n) is 2.74. The molecule has 0 saturated carbocycles. The first-order chi connectivity index (χ1) is 17.6. The van der Waals surface area contributed by atoms with E-state index in [1.165, 1.54) is 78.9 Å². The Balaban J connectivity index is 1.34. The zero-order valence-corrected chi connectivity index (χ0v) is 22.5. The molecular weight excluding hydrogens is 561 g/mol. The van der Waals surface area contributed by atoms with Gasteiger partial charge in [-0.15, -0.1) is 21.5 Å². The molecule has 1 amide bonds. The molecule has 0 aliphatic heterocycles. The number of esters is 1. The summed E-state index contributed by atoms with van der Waals surface area (Å²) in [7, 11) is -0.841. The van der Waals surface area contributed by atoms with Crippen molar-refractivity contribution in [2.75, 3.05) is 19.4 Å². The number of nitrogens with zero attached hydrogens (tertiary/aromatic N) is 3. The highest BCUT2D eigenvalue weighted by Crippen LogP contribution is 2.29. The van der Waals surface area contributed by atoms with Crippen molar-refractivity contribution in [3.05, 3.63) is 80.5 Å². The number of thiophene rings is 1. The third-order valence-electron chi connectivity index (χ3n) is 4.63. The Bertz CT molecular complexity index is 1580. The topological polar surface area (TPSA) is 149 Å². The van der Waals surface area contributed by atoms with E-state index in [1.807, 2.05) is 0 Å². The number of anilines is 1. The standard InChI is InChI=1S/C22H18N4O7S4/c1-26(2)37(30,31)15-7-5-13(6-8-15)20(29)33-17-11-32-14(10-16(17)27)12-35-22-25-24-21(36-22)23-19(28)18-4-3-9-34-18/h3-11H,12H2,1-2H3,(H,23,24,28). The van der Waals surface area contributed by atoms with E-state index in [1.54, 1.807) is 17.5 Å². The third kappa shape index (κ3) is 6.50. The highest BCUT2D eigenvalue weighted by Gasteiger charge is 2.19. The third-order valence-corrected chi connectivity index (χ3v) is 9.33. The Morgan fingerprint density at radius 3 is 2.57 bits per heavy atom. The van der Waals surface area contributed by atoms with Crippen molar-refractivity contribution < 1.29 is 27.2 Å². The number of amides is 1. The van der Waals surface area contributed by atoms with E-state index < -0.39 is 21.4 Å². The van der Waals surface area contributed by atoms with Gasteiger partial charge in [0.25, 0.3) is 5.91 Å². The number of ether oxygens (including phenoxy) is 1. The summed E-state index contributed by atoms with van der Waals surface area (Å²) >= 11 is 3.75. The average Bonchev–Trinajstić information content (AvgIpc) is 3.57. The Kier molecular flexibility index (Phi) is 8.19. The minimum absolute atomic E-state index is 0.0165. The maximum absolute atomic E-state index is 12.4. The normalized spacial score (nSPS) is 11.4. The summed E-state index contributed by atoms with van der Waals surface area (Å²) in [6, 6.07) is 9.83. The van der Waals surface area contributed by atoms with Crippen LogP contribution in [0.25, 0.3) is 0 Å². The quantitative estimate of drug-likeness (QED) is 0.177. The lowest BCUT2D eigenvalue weighted by Crippen LogP contribution is -2.22. The van der Waals surface area contributed by atoms with Crippen molar-refractivity contribution in [2.45, 2.75) is 15.0 Å². The molecule has 3 aromatic heterocycles. The summed E-state index contributed by atoms with van der Waals surface area (Å²) in [5, 5.41) is 12.8. The van der Waals surface area contributed by atoms with Gasteiger partial charge in [-0.25, -0.2) is 17.5 Å². The Hall–Kier alpha value is -3.37. The lowest BCUT2D eigenvalue weighted by molar-refractivity contribution is 0.0728. The van der Waals surface area contributed by atoms with E-state index in [0.29, 0.717) is 20.1 Å². The van der Waals surface area contributed by atoms with Crippen LogP contribution in [0.2, 0.25) is 0 Å². The zero-order chi connectivity index (χ0) is 26.6. The molecule has 192 valence electrons. The molecule has 4 aromatic rings. The van der Waals surface area contributed by atoms with Crippen LogP contribution in [0.15, 0.2) is 72.6 Å². The van der Waals surface area contributed by atoms with E-state index in [-0.39, 0.29) is 27.9 Å². The van der Waals surface area contributed by atoms with E-state index in [0.717, 1.165) is 10.6 Å². The van der Waals surface area contributed by atoms with Gasteiger partial charge in [0.05, 0.1) is 21.1 Å². The van der Waals surface area contributed by atoms with E-state index in [4.69, 9.17) is 9.15 Å². The maximum Gasteiger partial charge on any atom is 0.343 e. The number of hydrogen-bond donors (Lipinski definition) is 1. The van der Waals surface area contributed by atoms with Crippen molar-refractivity contribution in [2.24, 2.45) is 0 Å². The minimum atomic E-state index is -3.64. The lowest BCUT2D eigenvalue weighted by atomic mass is 10.2. The van der Waals surface area contributed by atoms with E-state index in [9.17, 15) is 22.8 Å². The summed E-state index contributed by atoms with van der Waals surface area (Å²) in [5.41, 5.74) is -0.502. The first kappa shape index (κ1) is 26.7. The first-order valence-electron chi connectivity index (χ1n) is 10.3. The van der Waals surface area contributed by atoms with Gasteiger partial charge in [-0.3, -0.25) is 14.9 Å². The molecule has 1 N–H and O–H groups in total. The largest absolute Gasteiger partial charge is 0.464 e. The SMILES string of the molecule is CN(C)S(=O)(=O)c1ccc(C(=O)Oc2coc(CSc3nnc(NC(=O)c4cccs4)s3)cc2=O)cc1. The zero-order valence-electron chi connectivity index (χ0n) is 19.2. The molecule has 0 atom stereocenters. The Morgan fingerprint density at radius 1 is 1.16 bits per heavy atom. The summed E-state index contributed by atoms with van der Waals surface area (Å²) < 4.78 is 36.4. The predicted octanol–water partition coefficient (Wildman–Crippen LogP) is 3.57. The number of nitrogens with one attached hydrogen (secondary N) is 1. The number of sulfonamides is 1. The van der Waals surface area contributed by atoms with Gasteiger partial charge in [-0.05, 0) is 35.7 Å². The van der Waals surface area contributed by atoms with Gasteiger partial charge >= 0.3 is 5.97 Å². The minimum Gasteiger partial charge on any atom is -0.464 e. The molecule has 4 rings (SSSR count). The summed E-state index contributed by atoms with van der Waals surface area (Å²) in [6.45, 7) is 0. The summed E-state index contributed by atoms with van der Waals surface area (Å²) in [4.78, 5) is 37.5. The van der Waals surface area contributed by atoms with Crippen LogP contribution in [-0.4, -0.2) is 48.9 Å². The van der Waals surface area contributed by atoms with Gasteiger partial charge in [0.2, 0.25) is 26.3 Å². The fourth-order valence-corrected chi connectivity index (χ4v) is 5.90. The average molecular weight is 579 g/mol. The van der Waals surface area contributed by atoms with E-state index >= 15 is 0 Å². The van der Waals surface area contributed by atoms with Crippen LogP contribution in [0.4, 0.5) is 5.13 Å². The molecule has 0 aliphatic carbocycles. The van der Waals surface area contributed by atoms with Crippen LogP contribution in [0.1, 0.15) is 25.8 Å². The van der Waals surface area contributed by atoms with Gasteiger partial charge in [-0.2, -0.15) is 0 Å². The molecule has 0 spiro atoms. The molecule has 15 heteroatoms. The summed E-state index contributed by atoms with van der Waals surface area (Å²) in [5.74, 6) is -0.855. The predicted molar refractivity (Wildman–Crippen MR) is 139 cm³/mol. The molecule has 0 radical (unpaired) electrons. The fraction of sp³-hybridized carbons (Fsp3) is 0.136. The van der Waals surface area contributed by atoms with Crippen LogP contribution < -0.4 is 15.5 Å². The molecule has 0 bridgehead atoms. The molecule has 0 saturated heterocycles. The molecule has 37 heavy (non-hydrogen) atoms. The van der Waals surface area contributed by atoms with Crippen LogP contribution in [-0.2, 0) is 15.8 Å². The van der Waals surface area contributed by atoms with Gasteiger partial charge in [0.1, 0.15) is 12.0 Å². The van der Waals surface area contributed by atoms with Crippen LogP contribution >= 0.6 is 34.4 Å². The van der Waals surface area contributed by atoms with Crippen molar-refractivity contribution in [3.63, 3.8) is 0 Å². The Morgan fingerprint density at radius 2 is 1.92 bits per heavy atom. The van der Waals surface area contributed by atoms with Crippen molar-refractivity contribution in [1.82, 2.24) is 14.5 Å². The number of aromatic nitrogens is 2. The number of rotatable bonds is 9.